The van der Waals surface area contributed by atoms with Crippen molar-refractivity contribution in [2.75, 3.05) is 26.7 Å². The van der Waals surface area contributed by atoms with Crippen molar-refractivity contribution in [1.82, 2.24) is 19.4 Å². The fourth-order valence-corrected chi connectivity index (χ4v) is 3.39. The second-order valence-electron chi connectivity index (χ2n) is 6.17. The molecule has 23 heavy (non-hydrogen) atoms. The number of nitrogens with zero attached hydrogens (tertiary/aromatic N) is 4. The van der Waals surface area contributed by atoms with Crippen molar-refractivity contribution in [3.8, 4) is 0 Å². The number of amides is 2. The van der Waals surface area contributed by atoms with Crippen LogP contribution in [0, 0.1) is 0 Å². The number of hydrogen-bond donors (Lipinski definition) is 0. The number of aromatic nitrogens is 2. The maximum atomic E-state index is 12.5. The van der Waals surface area contributed by atoms with Gasteiger partial charge in [0, 0.05) is 51.9 Å². The first-order valence-corrected chi connectivity index (χ1v) is 8.25. The molecule has 0 saturated carbocycles. The van der Waals surface area contributed by atoms with Crippen LogP contribution < -0.4 is 0 Å². The van der Waals surface area contributed by atoms with Gasteiger partial charge in [-0.05, 0) is 0 Å². The standard InChI is InChI=1S/C16H24N4O3/c1-3-14-17-6-8-19(14)7-4-16(22)20-10-12-13(11-20)23-9-5-15(21)18(12)2/h6,8,12-13H,3-5,7,9-11H2,1-2H3/t12-,13-/m0/s1. The molecule has 2 aliphatic rings. The minimum atomic E-state index is -0.0603. The van der Waals surface area contributed by atoms with Gasteiger partial charge in [-0.3, -0.25) is 9.59 Å². The quantitative estimate of drug-likeness (QED) is 0.800. The predicted molar refractivity (Wildman–Crippen MR) is 83.7 cm³/mol. The number of likely N-dealkylation sites (N-methyl/N-ethyl adjacent to an activating group) is 1. The molecule has 0 bridgehead atoms. The van der Waals surface area contributed by atoms with Crippen LogP contribution in [0.2, 0.25) is 0 Å². The first-order chi connectivity index (χ1) is 11.1. The monoisotopic (exact) mass is 320 g/mol. The average Bonchev–Trinajstić information content (AvgIpc) is 3.15. The van der Waals surface area contributed by atoms with Gasteiger partial charge in [-0.15, -0.1) is 0 Å². The lowest BCUT2D eigenvalue weighted by Gasteiger charge is -2.25. The van der Waals surface area contributed by atoms with Gasteiger partial charge in [0.25, 0.3) is 0 Å². The van der Waals surface area contributed by atoms with Gasteiger partial charge in [0.05, 0.1) is 25.2 Å². The van der Waals surface area contributed by atoms with Crippen molar-refractivity contribution in [3.63, 3.8) is 0 Å². The largest absolute Gasteiger partial charge is 0.374 e. The minimum absolute atomic E-state index is 0.0200. The van der Waals surface area contributed by atoms with Crippen LogP contribution in [0.5, 0.6) is 0 Å². The molecule has 0 spiro atoms. The normalized spacial score (nSPS) is 24.7. The number of likely N-dealkylation sites (tertiary alicyclic amines) is 1. The van der Waals surface area contributed by atoms with Gasteiger partial charge in [0.1, 0.15) is 5.82 Å². The molecule has 7 heteroatoms. The third-order valence-electron chi connectivity index (χ3n) is 4.81. The van der Waals surface area contributed by atoms with Gasteiger partial charge >= 0.3 is 0 Å². The fraction of sp³-hybridized carbons (Fsp3) is 0.688. The zero-order valence-corrected chi connectivity index (χ0v) is 13.8. The highest BCUT2D eigenvalue weighted by atomic mass is 16.5. The van der Waals surface area contributed by atoms with Gasteiger partial charge in [0.2, 0.25) is 11.8 Å². The lowest BCUT2D eigenvalue weighted by molar-refractivity contribution is -0.133. The molecule has 2 atom stereocenters. The summed E-state index contributed by atoms with van der Waals surface area (Å²) in [5.41, 5.74) is 0. The van der Waals surface area contributed by atoms with E-state index in [4.69, 9.17) is 4.74 Å². The van der Waals surface area contributed by atoms with Crippen LogP contribution in [0.4, 0.5) is 0 Å². The Morgan fingerprint density at radius 2 is 2.26 bits per heavy atom. The van der Waals surface area contributed by atoms with Crippen LogP contribution in [0.25, 0.3) is 0 Å². The topological polar surface area (TPSA) is 67.7 Å². The Balaban J connectivity index is 1.58. The number of hydrogen-bond acceptors (Lipinski definition) is 4. The number of carbonyl (C=O) groups excluding carboxylic acids is 2. The lowest BCUT2D eigenvalue weighted by Crippen LogP contribution is -2.43. The fourth-order valence-electron chi connectivity index (χ4n) is 3.39. The highest BCUT2D eigenvalue weighted by molar-refractivity contribution is 5.78. The molecule has 3 heterocycles. The Labute approximate surface area is 136 Å². The van der Waals surface area contributed by atoms with E-state index in [1.54, 1.807) is 11.1 Å². The molecule has 0 unspecified atom stereocenters. The first kappa shape index (κ1) is 16.0. The van der Waals surface area contributed by atoms with E-state index in [9.17, 15) is 9.59 Å². The van der Waals surface area contributed by atoms with Crippen molar-refractivity contribution >= 4 is 11.8 Å². The third-order valence-corrected chi connectivity index (χ3v) is 4.81. The van der Waals surface area contributed by atoms with Crippen LogP contribution in [0.1, 0.15) is 25.6 Å². The summed E-state index contributed by atoms with van der Waals surface area (Å²) in [6.07, 6.45) is 5.35. The molecular weight excluding hydrogens is 296 g/mol. The summed E-state index contributed by atoms with van der Waals surface area (Å²) in [6.45, 7) is 4.28. The number of carbonyl (C=O) groups is 2. The minimum Gasteiger partial charge on any atom is -0.374 e. The number of imidazole rings is 1. The first-order valence-electron chi connectivity index (χ1n) is 8.25. The maximum Gasteiger partial charge on any atom is 0.225 e. The SMILES string of the molecule is CCc1nccn1CCC(=O)N1C[C@@H]2OCCC(=O)N(C)[C@H]2C1. The van der Waals surface area contributed by atoms with Crippen LogP contribution >= 0.6 is 0 Å². The number of aryl methyl sites for hydroxylation is 2. The smallest absolute Gasteiger partial charge is 0.225 e. The van der Waals surface area contributed by atoms with Gasteiger partial charge < -0.3 is 19.1 Å². The van der Waals surface area contributed by atoms with Gasteiger partial charge in [-0.25, -0.2) is 4.98 Å². The zero-order chi connectivity index (χ0) is 16.4. The summed E-state index contributed by atoms with van der Waals surface area (Å²) < 4.78 is 7.79. The molecule has 1 aromatic heterocycles. The summed E-state index contributed by atoms with van der Waals surface area (Å²) in [6, 6.07) is -0.0200. The Bertz CT molecular complexity index is 586. The van der Waals surface area contributed by atoms with Crippen LogP contribution in [-0.4, -0.2) is 70.1 Å². The van der Waals surface area contributed by atoms with E-state index >= 15 is 0 Å². The average molecular weight is 320 g/mol. The van der Waals surface area contributed by atoms with E-state index in [1.807, 2.05) is 22.7 Å². The Morgan fingerprint density at radius 1 is 1.43 bits per heavy atom. The molecular formula is C16H24N4O3. The van der Waals surface area contributed by atoms with Crippen LogP contribution in [0.3, 0.4) is 0 Å². The summed E-state index contributed by atoms with van der Waals surface area (Å²) in [5.74, 6) is 1.20. The van der Waals surface area contributed by atoms with Crippen molar-refractivity contribution in [2.24, 2.45) is 0 Å². The van der Waals surface area contributed by atoms with Gasteiger partial charge in [0.15, 0.2) is 0 Å². The molecule has 2 aliphatic heterocycles. The third kappa shape index (κ3) is 3.24. The van der Waals surface area contributed by atoms with Crippen LogP contribution in [-0.2, 0) is 27.3 Å². The maximum absolute atomic E-state index is 12.5. The van der Waals surface area contributed by atoms with E-state index in [2.05, 4.69) is 11.9 Å². The molecule has 7 nitrogen and oxygen atoms in total. The van der Waals surface area contributed by atoms with E-state index < -0.39 is 0 Å². The molecule has 2 saturated heterocycles. The van der Waals surface area contributed by atoms with E-state index in [1.165, 1.54) is 0 Å². The molecule has 0 N–H and O–H groups in total. The second kappa shape index (κ2) is 6.70. The molecule has 3 rings (SSSR count). The zero-order valence-electron chi connectivity index (χ0n) is 13.8. The van der Waals surface area contributed by atoms with Gasteiger partial charge in [-0.2, -0.15) is 0 Å². The number of fused-ring (bicyclic) bond motifs is 1. The van der Waals surface area contributed by atoms with Crippen molar-refractivity contribution < 1.29 is 14.3 Å². The van der Waals surface area contributed by atoms with Crippen LogP contribution in [0.15, 0.2) is 12.4 Å². The van der Waals surface area contributed by atoms with Gasteiger partial charge in [-0.1, -0.05) is 6.92 Å². The molecule has 0 aromatic carbocycles. The Hall–Kier alpha value is -1.89. The highest BCUT2D eigenvalue weighted by Crippen LogP contribution is 2.22. The predicted octanol–water partition coefficient (Wildman–Crippen LogP) is 0.294. The van der Waals surface area contributed by atoms with Crippen molar-refractivity contribution in [1.29, 1.82) is 0 Å². The summed E-state index contributed by atoms with van der Waals surface area (Å²) >= 11 is 0. The summed E-state index contributed by atoms with van der Waals surface area (Å²) in [7, 11) is 1.81. The molecule has 0 aliphatic carbocycles. The molecule has 0 radical (unpaired) electrons. The van der Waals surface area contributed by atoms with Crippen molar-refractivity contribution in [2.45, 2.75) is 44.9 Å². The molecule has 126 valence electrons. The van der Waals surface area contributed by atoms with E-state index in [0.717, 1.165) is 12.2 Å². The van der Waals surface area contributed by atoms with E-state index in [0.29, 0.717) is 39.1 Å². The summed E-state index contributed by atoms with van der Waals surface area (Å²) in [5, 5.41) is 0. The summed E-state index contributed by atoms with van der Waals surface area (Å²) in [4.78, 5) is 32.3. The molecule has 1 aromatic rings. The number of ether oxygens (including phenoxy) is 1. The molecule has 2 fully saturated rings. The lowest BCUT2D eigenvalue weighted by atomic mass is 10.2. The number of rotatable bonds is 4. The van der Waals surface area contributed by atoms with E-state index in [-0.39, 0.29) is 24.0 Å². The molecule has 2 amide bonds. The van der Waals surface area contributed by atoms with Crippen molar-refractivity contribution in [3.05, 3.63) is 18.2 Å². The highest BCUT2D eigenvalue weighted by Gasteiger charge is 2.41. The Kier molecular flexibility index (Phi) is 4.66. The Morgan fingerprint density at radius 3 is 3.04 bits per heavy atom. The second-order valence-corrected chi connectivity index (χ2v) is 6.17.